The highest BCUT2D eigenvalue weighted by molar-refractivity contribution is 5.90. The number of methoxy groups -OCH3 is 1. The SMILES string of the molecule is COC1C=C(CC[C@@]2(C)[C@H](C)CC[C@@]3(C)C(C(=O)O)=CC=C[C@H]23)C(=O)O1. The maximum atomic E-state index is 12.0. The molecule has 5 nitrogen and oxygen atoms in total. The number of carbonyl (C=O) groups is 2. The summed E-state index contributed by atoms with van der Waals surface area (Å²) in [5, 5.41) is 9.69. The number of esters is 1. The zero-order valence-corrected chi connectivity index (χ0v) is 16.0. The zero-order chi connectivity index (χ0) is 19.1. The molecule has 1 saturated carbocycles. The van der Waals surface area contributed by atoms with E-state index in [1.807, 2.05) is 6.08 Å². The Bertz CT molecular complexity index is 703. The average Bonchev–Trinajstić information content (AvgIpc) is 2.96. The van der Waals surface area contributed by atoms with Crippen LogP contribution in [0.1, 0.15) is 46.5 Å². The molecule has 1 unspecified atom stereocenters. The van der Waals surface area contributed by atoms with Gasteiger partial charge in [-0.2, -0.15) is 0 Å². The van der Waals surface area contributed by atoms with E-state index in [1.54, 1.807) is 12.2 Å². The third kappa shape index (κ3) is 2.92. The molecule has 1 heterocycles. The molecule has 5 atom stereocenters. The predicted octanol–water partition coefficient (Wildman–Crippen LogP) is 3.86. The minimum atomic E-state index is -0.830. The van der Waals surface area contributed by atoms with E-state index in [2.05, 4.69) is 26.8 Å². The molecule has 26 heavy (non-hydrogen) atoms. The maximum Gasteiger partial charge on any atom is 0.336 e. The van der Waals surface area contributed by atoms with Gasteiger partial charge < -0.3 is 14.6 Å². The normalized spacial score (nSPS) is 39.1. The van der Waals surface area contributed by atoms with Crippen LogP contribution >= 0.6 is 0 Å². The van der Waals surface area contributed by atoms with E-state index in [1.165, 1.54) is 7.11 Å². The first-order chi connectivity index (χ1) is 12.2. The topological polar surface area (TPSA) is 72.8 Å². The van der Waals surface area contributed by atoms with Gasteiger partial charge in [-0.15, -0.1) is 0 Å². The highest BCUT2D eigenvalue weighted by Gasteiger charge is 2.54. The number of fused-ring (bicyclic) bond motifs is 1. The van der Waals surface area contributed by atoms with E-state index in [9.17, 15) is 14.7 Å². The number of hydrogen-bond acceptors (Lipinski definition) is 4. The zero-order valence-electron chi connectivity index (χ0n) is 16.0. The number of allylic oxidation sites excluding steroid dienone is 3. The van der Waals surface area contributed by atoms with Gasteiger partial charge in [-0.1, -0.05) is 39.0 Å². The van der Waals surface area contributed by atoms with E-state index < -0.39 is 12.3 Å². The van der Waals surface area contributed by atoms with E-state index >= 15 is 0 Å². The minimum Gasteiger partial charge on any atom is -0.478 e. The quantitative estimate of drug-likeness (QED) is 0.754. The summed E-state index contributed by atoms with van der Waals surface area (Å²) < 4.78 is 10.2. The molecule has 1 N–H and O–H groups in total. The van der Waals surface area contributed by atoms with Gasteiger partial charge in [-0.05, 0) is 49.0 Å². The van der Waals surface area contributed by atoms with Gasteiger partial charge in [-0.3, -0.25) is 0 Å². The second kappa shape index (κ2) is 6.69. The van der Waals surface area contributed by atoms with Crippen molar-refractivity contribution in [3.8, 4) is 0 Å². The van der Waals surface area contributed by atoms with Crippen LogP contribution in [-0.2, 0) is 19.1 Å². The van der Waals surface area contributed by atoms with Gasteiger partial charge in [0, 0.05) is 23.7 Å². The first kappa shape index (κ1) is 18.9. The van der Waals surface area contributed by atoms with Crippen molar-refractivity contribution in [1.29, 1.82) is 0 Å². The van der Waals surface area contributed by atoms with Gasteiger partial charge in [0.15, 0.2) is 0 Å². The number of carbonyl (C=O) groups excluding carboxylic acids is 1. The molecule has 0 spiro atoms. The van der Waals surface area contributed by atoms with Crippen molar-refractivity contribution in [1.82, 2.24) is 0 Å². The Kier molecular flexibility index (Phi) is 4.86. The monoisotopic (exact) mass is 360 g/mol. The number of ether oxygens (including phenoxy) is 2. The predicted molar refractivity (Wildman–Crippen MR) is 97.2 cm³/mol. The van der Waals surface area contributed by atoms with Gasteiger partial charge in [0.1, 0.15) is 0 Å². The summed E-state index contributed by atoms with van der Waals surface area (Å²) in [7, 11) is 1.51. The molecule has 3 aliphatic rings. The largest absolute Gasteiger partial charge is 0.478 e. The van der Waals surface area contributed by atoms with Crippen molar-refractivity contribution in [3.63, 3.8) is 0 Å². The molecule has 1 fully saturated rings. The minimum absolute atomic E-state index is 0.0925. The van der Waals surface area contributed by atoms with Crippen molar-refractivity contribution in [3.05, 3.63) is 35.5 Å². The standard InChI is InChI=1S/C21H28O5/c1-13-8-10-21(3)15(18(22)23)6-5-7-16(21)20(13,2)11-9-14-12-17(25-4)26-19(14)24/h5-7,12-13,16-17H,8-11H2,1-4H3,(H,22,23)/t13-,16-,17?,20+,21+/m1/s1. The molecule has 0 radical (unpaired) electrons. The van der Waals surface area contributed by atoms with Crippen LogP contribution in [-0.4, -0.2) is 30.4 Å². The lowest BCUT2D eigenvalue weighted by atomic mass is 9.48. The number of rotatable bonds is 5. The van der Waals surface area contributed by atoms with Crippen LogP contribution in [0.5, 0.6) is 0 Å². The molecule has 0 aromatic carbocycles. The summed E-state index contributed by atoms with van der Waals surface area (Å²) in [6.07, 6.45) is 10.2. The van der Waals surface area contributed by atoms with Crippen molar-refractivity contribution in [2.75, 3.05) is 7.11 Å². The Morgan fingerprint density at radius 3 is 2.77 bits per heavy atom. The molecular weight excluding hydrogens is 332 g/mol. The number of carboxylic acid groups (broad SMARTS) is 1. The Labute approximate surface area is 154 Å². The van der Waals surface area contributed by atoms with Gasteiger partial charge >= 0.3 is 11.9 Å². The van der Waals surface area contributed by atoms with Gasteiger partial charge in [0.2, 0.25) is 6.29 Å². The van der Waals surface area contributed by atoms with Gasteiger partial charge in [0.05, 0.1) is 0 Å². The fraction of sp³-hybridized carbons (Fsp3) is 0.619. The summed E-state index contributed by atoms with van der Waals surface area (Å²) in [4.78, 5) is 23.8. The van der Waals surface area contributed by atoms with Crippen LogP contribution in [0, 0.1) is 22.7 Å². The van der Waals surface area contributed by atoms with E-state index in [-0.39, 0.29) is 22.7 Å². The van der Waals surface area contributed by atoms with Crippen LogP contribution < -0.4 is 0 Å². The van der Waals surface area contributed by atoms with Gasteiger partial charge in [0.25, 0.3) is 0 Å². The molecular formula is C21H28O5. The van der Waals surface area contributed by atoms with E-state index in [0.717, 1.165) is 19.3 Å². The summed E-state index contributed by atoms with van der Waals surface area (Å²) >= 11 is 0. The van der Waals surface area contributed by atoms with Crippen molar-refractivity contribution in [2.24, 2.45) is 22.7 Å². The highest BCUT2D eigenvalue weighted by Crippen LogP contribution is 2.60. The molecule has 0 saturated heterocycles. The highest BCUT2D eigenvalue weighted by atomic mass is 16.7. The Morgan fingerprint density at radius 1 is 1.42 bits per heavy atom. The van der Waals surface area contributed by atoms with Gasteiger partial charge in [-0.25, -0.2) is 9.59 Å². The number of carboxylic acids is 1. The first-order valence-corrected chi connectivity index (χ1v) is 9.29. The third-order valence-corrected chi connectivity index (χ3v) is 7.02. The van der Waals surface area contributed by atoms with E-state index in [4.69, 9.17) is 9.47 Å². The summed E-state index contributed by atoms with van der Waals surface area (Å²) in [6.45, 7) is 6.56. The fourth-order valence-corrected chi connectivity index (χ4v) is 5.09. The van der Waals surface area contributed by atoms with Crippen LogP contribution in [0.3, 0.4) is 0 Å². The second-order valence-electron chi connectivity index (χ2n) is 8.31. The van der Waals surface area contributed by atoms with Crippen molar-refractivity contribution in [2.45, 2.75) is 52.7 Å². The van der Waals surface area contributed by atoms with Crippen molar-refractivity contribution < 1.29 is 24.2 Å². The first-order valence-electron chi connectivity index (χ1n) is 9.29. The van der Waals surface area contributed by atoms with Crippen LogP contribution in [0.25, 0.3) is 0 Å². The summed E-state index contributed by atoms with van der Waals surface area (Å²) in [5.41, 5.74) is 0.695. The number of hydrogen-bond donors (Lipinski definition) is 1. The molecule has 0 aromatic heterocycles. The number of aliphatic carboxylic acids is 1. The summed E-state index contributed by atoms with van der Waals surface area (Å²) in [6, 6.07) is 0. The smallest absolute Gasteiger partial charge is 0.336 e. The lowest BCUT2D eigenvalue weighted by molar-refractivity contribution is -0.155. The molecule has 0 amide bonds. The molecule has 2 aliphatic carbocycles. The second-order valence-corrected chi connectivity index (χ2v) is 8.31. The Morgan fingerprint density at radius 2 is 2.15 bits per heavy atom. The lowest BCUT2D eigenvalue weighted by Gasteiger charge is -2.56. The molecule has 3 rings (SSSR count). The van der Waals surface area contributed by atoms with E-state index in [0.29, 0.717) is 23.5 Å². The van der Waals surface area contributed by atoms with Crippen LogP contribution in [0.2, 0.25) is 0 Å². The average molecular weight is 360 g/mol. The maximum absolute atomic E-state index is 12.0. The number of cyclic esters (lactones) is 1. The lowest BCUT2D eigenvalue weighted by Crippen LogP contribution is -2.49. The van der Waals surface area contributed by atoms with Crippen LogP contribution in [0.4, 0.5) is 0 Å². The van der Waals surface area contributed by atoms with Crippen molar-refractivity contribution >= 4 is 11.9 Å². The fourth-order valence-electron chi connectivity index (χ4n) is 5.09. The molecule has 0 bridgehead atoms. The molecule has 0 aromatic rings. The molecule has 142 valence electrons. The Hall–Kier alpha value is -1.88. The molecule has 1 aliphatic heterocycles. The third-order valence-electron chi connectivity index (χ3n) is 7.02. The summed E-state index contributed by atoms with van der Waals surface area (Å²) in [5.74, 6) is -0.568. The Balaban J connectivity index is 1.85. The van der Waals surface area contributed by atoms with Crippen LogP contribution in [0.15, 0.2) is 35.5 Å². The molecule has 5 heteroatoms.